The number of benzene rings is 1. The number of nitrogens with one attached hydrogen (secondary N) is 1. The van der Waals surface area contributed by atoms with E-state index in [4.69, 9.17) is 12.2 Å². The Balaban J connectivity index is 2.08. The number of rotatable bonds is 4. The SMILES string of the molecule is C=CCN1C(C(=O)NN2CC(=O)N(C)C2=S)=C(O)c2ccc(Br)cc2S1(=O)=O. The van der Waals surface area contributed by atoms with Crippen molar-refractivity contribution < 1.29 is 23.1 Å². The smallest absolute Gasteiger partial charge is 0.291 e. The molecule has 0 saturated carbocycles. The molecule has 12 heteroatoms. The number of halogens is 1. The Labute approximate surface area is 175 Å². The first kappa shape index (κ1) is 20.3. The fraction of sp³-hybridized carbons (Fsp3) is 0.188. The van der Waals surface area contributed by atoms with E-state index in [2.05, 4.69) is 27.9 Å². The number of aliphatic hydroxyl groups excluding tert-OH is 1. The molecule has 2 aliphatic rings. The van der Waals surface area contributed by atoms with Gasteiger partial charge < -0.3 is 5.11 Å². The van der Waals surface area contributed by atoms with Gasteiger partial charge in [-0.05, 0) is 30.4 Å². The van der Waals surface area contributed by atoms with Crippen LogP contribution < -0.4 is 5.43 Å². The zero-order valence-corrected chi connectivity index (χ0v) is 17.8. The molecule has 0 radical (unpaired) electrons. The maximum Gasteiger partial charge on any atom is 0.291 e. The Bertz CT molecular complexity index is 1050. The third kappa shape index (κ3) is 3.16. The lowest BCUT2D eigenvalue weighted by Gasteiger charge is -2.31. The minimum Gasteiger partial charge on any atom is -0.505 e. The summed E-state index contributed by atoms with van der Waals surface area (Å²) in [5.41, 5.74) is 1.89. The predicted octanol–water partition coefficient (Wildman–Crippen LogP) is 0.956. The summed E-state index contributed by atoms with van der Waals surface area (Å²) in [5.74, 6) is -1.78. The third-order valence-electron chi connectivity index (χ3n) is 4.17. The summed E-state index contributed by atoms with van der Waals surface area (Å²) in [7, 11) is -2.68. The molecule has 9 nitrogen and oxygen atoms in total. The molecule has 28 heavy (non-hydrogen) atoms. The summed E-state index contributed by atoms with van der Waals surface area (Å²) >= 11 is 8.28. The Hall–Kier alpha value is -2.44. The van der Waals surface area contributed by atoms with E-state index in [9.17, 15) is 23.1 Å². The van der Waals surface area contributed by atoms with Crippen LogP contribution in [0, 0.1) is 0 Å². The average molecular weight is 487 g/mol. The van der Waals surface area contributed by atoms with Crippen molar-refractivity contribution in [3.8, 4) is 0 Å². The van der Waals surface area contributed by atoms with E-state index in [1.165, 1.54) is 30.2 Å². The Morgan fingerprint density at radius 1 is 1.46 bits per heavy atom. The van der Waals surface area contributed by atoms with Crippen LogP contribution in [0.15, 0.2) is 45.9 Å². The van der Waals surface area contributed by atoms with E-state index in [0.717, 1.165) is 9.31 Å². The molecule has 1 aromatic carbocycles. The normalized spacial score (nSPS) is 18.4. The highest BCUT2D eigenvalue weighted by atomic mass is 79.9. The zero-order valence-electron chi connectivity index (χ0n) is 14.5. The van der Waals surface area contributed by atoms with Crippen LogP contribution >= 0.6 is 28.1 Å². The quantitative estimate of drug-likeness (QED) is 0.481. The van der Waals surface area contributed by atoms with Gasteiger partial charge in [-0.3, -0.25) is 29.2 Å². The van der Waals surface area contributed by atoms with E-state index in [0.29, 0.717) is 4.47 Å². The first-order chi connectivity index (χ1) is 13.1. The number of likely N-dealkylation sites (N-methyl/N-ethyl adjacent to an activating group) is 1. The number of nitrogens with zero attached hydrogens (tertiary/aromatic N) is 3. The van der Waals surface area contributed by atoms with Crippen LogP contribution in [0.5, 0.6) is 0 Å². The van der Waals surface area contributed by atoms with Crippen molar-refractivity contribution in [2.24, 2.45) is 0 Å². The summed E-state index contributed by atoms with van der Waals surface area (Å²) in [6.07, 6.45) is 1.29. The number of hydrogen-bond donors (Lipinski definition) is 2. The second kappa shape index (κ2) is 7.18. The van der Waals surface area contributed by atoms with Crippen LogP contribution in [0.1, 0.15) is 5.56 Å². The van der Waals surface area contributed by atoms with E-state index in [-0.39, 0.29) is 34.6 Å². The van der Waals surface area contributed by atoms with Gasteiger partial charge in [-0.15, -0.1) is 6.58 Å². The highest BCUT2D eigenvalue weighted by Crippen LogP contribution is 2.37. The molecular weight excluding hydrogens is 472 g/mol. The number of carbonyl (C=O) groups is 2. The molecule has 2 heterocycles. The third-order valence-corrected chi connectivity index (χ3v) is 6.97. The van der Waals surface area contributed by atoms with Gasteiger partial charge in [0.1, 0.15) is 6.54 Å². The molecule has 1 saturated heterocycles. The Morgan fingerprint density at radius 2 is 2.14 bits per heavy atom. The monoisotopic (exact) mass is 486 g/mol. The second-order valence-electron chi connectivity index (χ2n) is 5.92. The molecule has 0 spiro atoms. The number of fused-ring (bicyclic) bond motifs is 1. The lowest BCUT2D eigenvalue weighted by atomic mass is 10.1. The van der Waals surface area contributed by atoms with Crippen molar-refractivity contribution in [1.82, 2.24) is 19.6 Å². The largest absolute Gasteiger partial charge is 0.505 e. The van der Waals surface area contributed by atoms with Gasteiger partial charge in [-0.25, -0.2) is 8.42 Å². The van der Waals surface area contributed by atoms with Gasteiger partial charge in [0.2, 0.25) is 5.91 Å². The number of hydrazine groups is 1. The number of hydrogen-bond acceptors (Lipinski definition) is 6. The zero-order chi connectivity index (χ0) is 20.8. The number of aliphatic hydroxyl groups is 1. The maximum absolute atomic E-state index is 13.0. The van der Waals surface area contributed by atoms with Crippen molar-refractivity contribution in [3.63, 3.8) is 0 Å². The van der Waals surface area contributed by atoms with Gasteiger partial charge >= 0.3 is 0 Å². The minimum atomic E-state index is -4.14. The molecule has 0 atom stereocenters. The molecule has 148 valence electrons. The van der Waals surface area contributed by atoms with Crippen molar-refractivity contribution in [1.29, 1.82) is 0 Å². The van der Waals surface area contributed by atoms with Crippen molar-refractivity contribution >= 4 is 60.9 Å². The van der Waals surface area contributed by atoms with Crippen LogP contribution in [0.2, 0.25) is 0 Å². The van der Waals surface area contributed by atoms with E-state index >= 15 is 0 Å². The van der Waals surface area contributed by atoms with Gasteiger partial charge in [-0.2, -0.15) is 0 Å². The summed E-state index contributed by atoms with van der Waals surface area (Å²) in [5, 5.41) is 11.8. The maximum atomic E-state index is 13.0. The van der Waals surface area contributed by atoms with E-state index in [1.54, 1.807) is 6.07 Å². The lowest BCUT2D eigenvalue weighted by Crippen LogP contribution is -2.49. The van der Waals surface area contributed by atoms with Crippen molar-refractivity contribution in [2.45, 2.75) is 4.90 Å². The average Bonchev–Trinajstić information content (AvgIpc) is 2.87. The summed E-state index contributed by atoms with van der Waals surface area (Å²) in [6.45, 7) is 3.07. The van der Waals surface area contributed by atoms with E-state index < -0.39 is 27.4 Å². The molecular formula is C16H15BrN4O5S2. The Kier molecular flexibility index (Phi) is 5.21. The summed E-state index contributed by atoms with van der Waals surface area (Å²) < 4.78 is 27.3. The molecule has 0 aromatic heterocycles. The number of sulfonamides is 1. The van der Waals surface area contributed by atoms with Crippen molar-refractivity contribution in [3.05, 3.63) is 46.6 Å². The minimum absolute atomic E-state index is 0.00847. The first-order valence-corrected chi connectivity index (χ1v) is 10.5. The van der Waals surface area contributed by atoms with Gasteiger partial charge in [0, 0.05) is 17.1 Å². The molecule has 3 rings (SSSR count). The molecule has 1 aromatic rings. The molecule has 0 bridgehead atoms. The first-order valence-electron chi connectivity index (χ1n) is 7.85. The lowest BCUT2D eigenvalue weighted by molar-refractivity contribution is -0.125. The van der Waals surface area contributed by atoms with Gasteiger partial charge in [-0.1, -0.05) is 22.0 Å². The van der Waals surface area contributed by atoms with Gasteiger partial charge in [0.05, 0.1) is 11.4 Å². The van der Waals surface area contributed by atoms with Gasteiger partial charge in [0.15, 0.2) is 16.6 Å². The number of amides is 2. The predicted molar refractivity (Wildman–Crippen MR) is 108 cm³/mol. The highest BCUT2D eigenvalue weighted by Gasteiger charge is 2.41. The van der Waals surface area contributed by atoms with Crippen LogP contribution in [0.4, 0.5) is 0 Å². The van der Waals surface area contributed by atoms with Crippen LogP contribution in [0.25, 0.3) is 5.76 Å². The standard InChI is InChI=1S/C16H15BrN4O5S2/c1-3-6-21-13(15(24)18-20-8-12(22)19(2)16(20)27)14(23)10-5-4-9(17)7-11(10)28(21,25)26/h3-5,7,23H,1,6,8H2,2H3,(H,18,24). The van der Waals surface area contributed by atoms with Crippen LogP contribution in [0.3, 0.4) is 0 Å². The summed E-state index contributed by atoms with van der Waals surface area (Å²) in [6, 6.07) is 4.28. The molecule has 2 amide bonds. The van der Waals surface area contributed by atoms with Crippen molar-refractivity contribution in [2.75, 3.05) is 20.1 Å². The number of carbonyl (C=O) groups excluding carboxylic acids is 2. The molecule has 2 aliphatic heterocycles. The topological polar surface area (TPSA) is 110 Å². The van der Waals surface area contributed by atoms with E-state index in [1.807, 2.05) is 0 Å². The molecule has 1 fully saturated rings. The highest BCUT2D eigenvalue weighted by molar-refractivity contribution is 9.10. The Morgan fingerprint density at radius 3 is 2.71 bits per heavy atom. The number of thiocarbonyl (C=S) groups is 1. The van der Waals surface area contributed by atoms with Crippen LogP contribution in [-0.4, -0.2) is 64.8 Å². The molecule has 0 aliphatic carbocycles. The fourth-order valence-corrected chi connectivity index (χ4v) is 5.17. The van der Waals surface area contributed by atoms with Gasteiger partial charge in [0.25, 0.3) is 15.9 Å². The fourth-order valence-electron chi connectivity index (χ4n) is 2.78. The molecule has 0 unspecified atom stereocenters. The summed E-state index contributed by atoms with van der Waals surface area (Å²) in [4.78, 5) is 25.6. The second-order valence-corrected chi connectivity index (χ2v) is 9.04. The van der Waals surface area contributed by atoms with Crippen LogP contribution in [-0.2, 0) is 19.6 Å². The molecule has 2 N–H and O–H groups in total.